The molecule has 3 rings (SSSR count). The van der Waals surface area contributed by atoms with E-state index < -0.39 is 5.60 Å². The van der Waals surface area contributed by atoms with Crippen LogP contribution in [-0.4, -0.2) is 41.3 Å². The van der Waals surface area contributed by atoms with E-state index in [1.807, 2.05) is 51.1 Å². The van der Waals surface area contributed by atoms with E-state index in [4.69, 9.17) is 19.5 Å². The number of nitriles is 1. The Hall–Kier alpha value is -2.63. The van der Waals surface area contributed by atoms with E-state index >= 15 is 0 Å². The van der Waals surface area contributed by atoms with Gasteiger partial charge < -0.3 is 19.1 Å². The predicted molar refractivity (Wildman–Crippen MR) is 99.8 cm³/mol. The molecule has 1 fully saturated rings. The largest absolute Gasteiger partial charge is 0.444 e. The predicted octanol–water partition coefficient (Wildman–Crippen LogP) is 4.12. The molecule has 0 N–H and O–H groups in total. The fourth-order valence-corrected chi connectivity index (χ4v) is 3.16. The van der Waals surface area contributed by atoms with Crippen LogP contribution in [0.5, 0.6) is 10.9 Å². The Balaban J connectivity index is 1.68. The average Bonchev–Trinajstić information content (AvgIpc) is 3.08. The number of thiazole rings is 1. The summed E-state index contributed by atoms with van der Waals surface area (Å²) < 4.78 is 17.0. The summed E-state index contributed by atoms with van der Waals surface area (Å²) in [5, 5.41) is 9.28. The number of ether oxygens (including phenoxy) is 3. The number of nitrogens with zero attached hydrogens (tertiary/aromatic N) is 3. The minimum Gasteiger partial charge on any atom is -0.444 e. The van der Waals surface area contributed by atoms with Crippen molar-refractivity contribution in [2.24, 2.45) is 0 Å². The highest BCUT2D eigenvalue weighted by Crippen LogP contribution is 2.30. The summed E-state index contributed by atoms with van der Waals surface area (Å²) in [5.74, 6) is 0.601. The van der Waals surface area contributed by atoms with Crippen LogP contribution in [0.4, 0.5) is 4.79 Å². The van der Waals surface area contributed by atoms with Crippen molar-refractivity contribution >= 4 is 17.4 Å². The molecule has 2 aromatic rings. The summed E-state index contributed by atoms with van der Waals surface area (Å²) >= 11 is 1.18. The first-order valence-electron chi connectivity index (χ1n) is 8.57. The Morgan fingerprint density at radius 2 is 2.26 bits per heavy atom. The van der Waals surface area contributed by atoms with Crippen LogP contribution in [0, 0.1) is 11.3 Å². The number of benzene rings is 1. The molecule has 1 amide bonds. The Kier molecular flexibility index (Phi) is 5.63. The number of carbonyl (C=O) groups excluding carboxylic acids is 1. The smallest absolute Gasteiger partial charge is 0.410 e. The van der Waals surface area contributed by atoms with E-state index in [2.05, 4.69) is 4.98 Å². The topological polar surface area (TPSA) is 84.7 Å². The maximum Gasteiger partial charge on any atom is 0.410 e. The van der Waals surface area contributed by atoms with E-state index in [1.54, 1.807) is 4.90 Å². The molecule has 0 saturated carbocycles. The van der Waals surface area contributed by atoms with Crippen molar-refractivity contribution in [1.29, 1.82) is 5.26 Å². The summed E-state index contributed by atoms with van der Waals surface area (Å²) in [6.45, 7) is 6.89. The van der Waals surface area contributed by atoms with Gasteiger partial charge in [0, 0.05) is 6.54 Å². The second-order valence-electron chi connectivity index (χ2n) is 7.06. The van der Waals surface area contributed by atoms with Gasteiger partial charge in [-0.15, -0.1) is 0 Å². The molecule has 7 nitrogen and oxygen atoms in total. The number of hydrogen-bond acceptors (Lipinski definition) is 7. The average molecular weight is 387 g/mol. The normalized spacial score (nSPS) is 17.3. The van der Waals surface area contributed by atoms with Crippen molar-refractivity contribution in [2.75, 3.05) is 19.7 Å². The SMILES string of the molecule is CC(C)(C)OC(=O)N1CCO[C@H](c2cccc(Oc3ncc(C#N)s3)c2)C1. The third kappa shape index (κ3) is 5.18. The first-order chi connectivity index (χ1) is 12.8. The minimum atomic E-state index is -0.533. The maximum absolute atomic E-state index is 12.3. The molecular weight excluding hydrogens is 366 g/mol. The number of morpholine rings is 1. The fraction of sp³-hybridized carbons (Fsp3) is 0.421. The number of aromatic nitrogens is 1. The van der Waals surface area contributed by atoms with Crippen LogP contribution in [0.25, 0.3) is 0 Å². The van der Waals surface area contributed by atoms with Crippen molar-refractivity contribution in [1.82, 2.24) is 9.88 Å². The number of carbonyl (C=O) groups is 1. The molecular formula is C19H21N3O4S. The molecule has 1 aliphatic rings. The van der Waals surface area contributed by atoms with Crippen LogP contribution in [0.2, 0.25) is 0 Å². The lowest BCUT2D eigenvalue weighted by molar-refractivity contribution is -0.0433. The summed E-state index contributed by atoms with van der Waals surface area (Å²) in [4.78, 5) is 18.5. The highest BCUT2D eigenvalue weighted by atomic mass is 32.1. The van der Waals surface area contributed by atoms with Crippen molar-refractivity contribution in [3.8, 4) is 17.0 Å². The van der Waals surface area contributed by atoms with Gasteiger partial charge in [-0.1, -0.05) is 23.5 Å². The van der Waals surface area contributed by atoms with Crippen LogP contribution >= 0.6 is 11.3 Å². The first-order valence-corrected chi connectivity index (χ1v) is 9.39. The van der Waals surface area contributed by atoms with E-state index in [9.17, 15) is 4.79 Å². The lowest BCUT2D eigenvalue weighted by Gasteiger charge is -2.34. The standard InChI is InChI=1S/C19H21N3O4S/c1-19(2,3)26-18(23)22-7-8-24-16(12-22)13-5-4-6-14(9-13)25-17-21-11-15(10-20)27-17/h4-6,9,11,16H,7-8,12H2,1-3H3/t16-/m0/s1. The third-order valence-electron chi connectivity index (χ3n) is 3.75. The number of hydrogen-bond donors (Lipinski definition) is 0. The van der Waals surface area contributed by atoms with Gasteiger partial charge >= 0.3 is 6.09 Å². The van der Waals surface area contributed by atoms with Gasteiger partial charge in [0.05, 0.1) is 19.3 Å². The van der Waals surface area contributed by atoms with E-state index in [1.165, 1.54) is 17.5 Å². The second-order valence-corrected chi connectivity index (χ2v) is 8.06. The van der Waals surface area contributed by atoms with Crippen LogP contribution in [0.3, 0.4) is 0 Å². The zero-order chi connectivity index (χ0) is 19.4. The van der Waals surface area contributed by atoms with Gasteiger partial charge in [-0.2, -0.15) is 5.26 Å². The summed E-state index contributed by atoms with van der Waals surface area (Å²) in [5.41, 5.74) is 0.368. The third-order valence-corrected chi connectivity index (χ3v) is 4.53. The molecule has 8 heteroatoms. The monoisotopic (exact) mass is 387 g/mol. The lowest BCUT2D eigenvalue weighted by atomic mass is 10.1. The van der Waals surface area contributed by atoms with E-state index in [0.717, 1.165) is 5.56 Å². The molecule has 142 valence electrons. The van der Waals surface area contributed by atoms with Gasteiger partial charge in [-0.25, -0.2) is 9.78 Å². The summed E-state index contributed by atoms with van der Waals surface area (Å²) in [6.07, 6.45) is 0.878. The molecule has 2 heterocycles. The molecule has 0 aliphatic carbocycles. The van der Waals surface area contributed by atoms with Crippen molar-refractivity contribution < 1.29 is 19.0 Å². The minimum absolute atomic E-state index is 0.263. The molecule has 1 atom stereocenters. The zero-order valence-electron chi connectivity index (χ0n) is 15.5. The molecule has 1 aromatic carbocycles. The zero-order valence-corrected chi connectivity index (χ0v) is 16.3. The molecule has 1 saturated heterocycles. The quantitative estimate of drug-likeness (QED) is 0.788. The summed E-state index contributed by atoms with van der Waals surface area (Å²) in [6, 6.07) is 9.49. The van der Waals surface area contributed by atoms with Gasteiger partial charge in [0.2, 0.25) is 0 Å². The highest BCUT2D eigenvalue weighted by molar-refractivity contribution is 7.13. The summed E-state index contributed by atoms with van der Waals surface area (Å²) in [7, 11) is 0. The van der Waals surface area contributed by atoms with Gasteiger partial charge in [-0.3, -0.25) is 0 Å². The Morgan fingerprint density at radius 1 is 1.44 bits per heavy atom. The first kappa shape index (κ1) is 19.1. The van der Waals surface area contributed by atoms with Gasteiger partial charge in [0.1, 0.15) is 28.4 Å². The van der Waals surface area contributed by atoms with Gasteiger partial charge in [0.25, 0.3) is 5.19 Å². The molecule has 1 aromatic heterocycles. The van der Waals surface area contributed by atoms with Crippen molar-refractivity contribution in [2.45, 2.75) is 32.5 Å². The number of amides is 1. The van der Waals surface area contributed by atoms with Gasteiger partial charge in [-0.05, 0) is 38.5 Å². The van der Waals surface area contributed by atoms with Crippen molar-refractivity contribution in [3.63, 3.8) is 0 Å². The molecule has 1 aliphatic heterocycles. The lowest BCUT2D eigenvalue weighted by Crippen LogP contribution is -2.44. The maximum atomic E-state index is 12.3. The number of rotatable bonds is 3. The van der Waals surface area contributed by atoms with Crippen LogP contribution in [0.1, 0.15) is 37.3 Å². The Bertz CT molecular complexity index is 853. The van der Waals surface area contributed by atoms with E-state index in [-0.39, 0.29) is 12.2 Å². The van der Waals surface area contributed by atoms with Gasteiger partial charge in [0.15, 0.2) is 0 Å². The van der Waals surface area contributed by atoms with Crippen LogP contribution in [-0.2, 0) is 9.47 Å². The fourth-order valence-electron chi connectivity index (χ4n) is 2.58. The molecule has 0 unspecified atom stereocenters. The molecule has 0 bridgehead atoms. The van der Waals surface area contributed by atoms with Crippen LogP contribution < -0.4 is 4.74 Å². The highest BCUT2D eigenvalue weighted by Gasteiger charge is 2.29. The molecule has 0 spiro atoms. The van der Waals surface area contributed by atoms with E-state index in [0.29, 0.717) is 35.5 Å². The van der Waals surface area contributed by atoms with Crippen molar-refractivity contribution in [3.05, 3.63) is 40.9 Å². The second kappa shape index (κ2) is 7.94. The Labute approximate surface area is 162 Å². The molecule has 0 radical (unpaired) electrons. The molecule has 27 heavy (non-hydrogen) atoms. The van der Waals surface area contributed by atoms with Crippen LogP contribution in [0.15, 0.2) is 30.5 Å². The Morgan fingerprint density at radius 3 is 2.96 bits per heavy atom.